The molecule has 1 atom stereocenters. The van der Waals surface area contributed by atoms with E-state index in [0.717, 1.165) is 8.95 Å². The molecule has 2 aromatic rings. The highest BCUT2D eigenvalue weighted by molar-refractivity contribution is 9.11. The lowest BCUT2D eigenvalue weighted by Crippen LogP contribution is -2.14. The maximum atomic E-state index is 5.53. The zero-order chi connectivity index (χ0) is 13.1. The second kappa shape index (κ2) is 5.87. The topological polar surface area (TPSA) is 87.1 Å². The minimum absolute atomic E-state index is 0.271. The highest BCUT2D eigenvalue weighted by atomic mass is 79.9. The predicted molar refractivity (Wildman–Crippen MR) is 71.7 cm³/mol. The molecule has 2 heterocycles. The standard InChI is InChI=1S/C10H10Br2N4O2/c1-17-7(3-13)10-15-9(16-18-10)8-6(12)2-5(11)4-14-8/h2,4,7H,3,13H2,1H3. The molecule has 1 unspecified atom stereocenters. The normalized spacial score (nSPS) is 12.7. The third kappa shape index (κ3) is 2.77. The highest BCUT2D eigenvalue weighted by Crippen LogP contribution is 2.27. The third-order valence-electron chi connectivity index (χ3n) is 2.24. The first kappa shape index (κ1) is 13.6. The van der Waals surface area contributed by atoms with Crippen LogP contribution in [0.1, 0.15) is 12.0 Å². The van der Waals surface area contributed by atoms with E-state index < -0.39 is 6.10 Å². The van der Waals surface area contributed by atoms with Crippen molar-refractivity contribution in [1.82, 2.24) is 15.1 Å². The lowest BCUT2D eigenvalue weighted by Gasteiger charge is -2.05. The van der Waals surface area contributed by atoms with Crippen molar-refractivity contribution < 1.29 is 9.26 Å². The van der Waals surface area contributed by atoms with Crippen LogP contribution in [0.2, 0.25) is 0 Å². The molecule has 0 radical (unpaired) electrons. The fourth-order valence-electron chi connectivity index (χ4n) is 1.34. The van der Waals surface area contributed by atoms with Crippen molar-refractivity contribution in [3.05, 3.63) is 27.1 Å². The van der Waals surface area contributed by atoms with Crippen LogP contribution in [0.5, 0.6) is 0 Å². The zero-order valence-corrected chi connectivity index (χ0v) is 12.6. The van der Waals surface area contributed by atoms with Gasteiger partial charge in [0.05, 0.1) is 0 Å². The number of ether oxygens (including phenoxy) is 1. The Balaban J connectivity index is 2.34. The molecule has 0 spiro atoms. The highest BCUT2D eigenvalue weighted by Gasteiger charge is 2.19. The number of pyridine rings is 1. The summed E-state index contributed by atoms with van der Waals surface area (Å²) in [5.41, 5.74) is 6.13. The van der Waals surface area contributed by atoms with Crippen LogP contribution in [0.3, 0.4) is 0 Å². The van der Waals surface area contributed by atoms with Crippen LogP contribution in [0.4, 0.5) is 0 Å². The number of rotatable bonds is 4. The zero-order valence-electron chi connectivity index (χ0n) is 9.43. The van der Waals surface area contributed by atoms with Crippen LogP contribution in [-0.2, 0) is 4.74 Å². The summed E-state index contributed by atoms with van der Waals surface area (Å²) in [6, 6.07) is 1.86. The van der Waals surface area contributed by atoms with E-state index in [1.54, 1.807) is 6.20 Å². The molecule has 0 aromatic carbocycles. The molecule has 8 heteroatoms. The maximum absolute atomic E-state index is 5.53. The first-order valence-electron chi connectivity index (χ1n) is 5.03. The molecular formula is C10H10Br2N4O2. The van der Waals surface area contributed by atoms with Crippen molar-refractivity contribution in [2.45, 2.75) is 6.10 Å². The van der Waals surface area contributed by atoms with Gasteiger partial charge in [-0.3, -0.25) is 4.98 Å². The molecular weight excluding hydrogens is 368 g/mol. The molecule has 2 N–H and O–H groups in total. The van der Waals surface area contributed by atoms with Crippen molar-refractivity contribution in [3.8, 4) is 11.5 Å². The van der Waals surface area contributed by atoms with E-state index in [2.05, 4.69) is 47.0 Å². The molecule has 0 fully saturated rings. The Morgan fingerprint density at radius 2 is 2.28 bits per heavy atom. The molecule has 2 rings (SSSR count). The molecule has 0 bridgehead atoms. The van der Waals surface area contributed by atoms with Gasteiger partial charge in [-0.05, 0) is 37.9 Å². The number of nitrogens with zero attached hydrogens (tertiary/aromatic N) is 3. The summed E-state index contributed by atoms with van der Waals surface area (Å²) in [5, 5.41) is 3.86. The fraction of sp³-hybridized carbons (Fsp3) is 0.300. The van der Waals surface area contributed by atoms with Gasteiger partial charge in [-0.25, -0.2) is 0 Å². The summed E-state index contributed by atoms with van der Waals surface area (Å²) >= 11 is 6.72. The Morgan fingerprint density at radius 1 is 1.50 bits per heavy atom. The number of hydrogen-bond acceptors (Lipinski definition) is 6. The van der Waals surface area contributed by atoms with Crippen molar-refractivity contribution in [2.24, 2.45) is 5.73 Å². The predicted octanol–water partition coefficient (Wildman–Crippen LogP) is 2.30. The average Bonchev–Trinajstić information content (AvgIpc) is 2.80. The van der Waals surface area contributed by atoms with Gasteiger partial charge < -0.3 is 15.0 Å². The number of hydrogen-bond donors (Lipinski definition) is 1. The summed E-state index contributed by atoms with van der Waals surface area (Å²) in [6.45, 7) is 0.271. The molecule has 0 amide bonds. The quantitative estimate of drug-likeness (QED) is 0.879. The van der Waals surface area contributed by atoms with Crippen molar-refractivity contribution >= 4 is 31.9 Å². The van der Waals surface area contributed by atoms with Crippen molar-refractivity contribution in [3.63, 3.8) is 0 Å². The number of methoxy groups -OCH3 is 1. The van der Waals surface area contributed by atoms with Gasteiger partial charge >= 0.3 is 0 Å². The Hall–Kier alpha value is -0.830. The van der Waals surface area contributed by atoms with E-state index >= 15 is 0 Å². The monoisotopic (exact) mass is 376 g/mol. The minimum atomic E-state index is -0.402. The summed E-state index contributed by atoms with van der Waals surface area (Å²) in [5.74, 6) is 0.728. The van der Waals surface area contributed by atoms with Crippen molar-refractivity contribution in [1.29, 1.82) is 0 Å². The van der Waals surface area contributed by atoms with E-state index in [1.165, 1.54) is 7.11 Å². The first-order chi connectivity index (χ1) is 8.65. The van der Waals surface area contributed by atoms with Gasteiger partial charge in [0, 0.05) is 28.8 Å². The van der Waals surface area contributed by atoms with E-state index in [4.69, 9.17) is 15.0 Å². The molecule has 18 heavy (non-hydrogen) atoms. The minimum Gasteiger partial charge on any atom is -0.370 e. The van der Waals surface area contributed by atoms with Crippen LogP contribution in [0.25, 0.3) is 11.5 Å². The van der Waals surface area contributed by atoms with Crippen LogP contribution >= 0.6 is 31.9 Å². The second-order valence-electron chi connectivity index (χ2n) is 3.40. The number of nitrogens with two attached hydrogens (primary N) is 1. The largest absolute Gasteiger partial charge is 0.370 e. The Labute approximate surface area is 120 Å². The van der Waals surface area contributed by atoms with Gasteiger partial charge in [0.1, 0.15) is 11.8 Å². The van der Waals surface area contributed by atoms with Crippen LogP contribution in [-0.4, -0.2) is 28.8 Å². The van der Waals surface area contributed by atoms with Gasteiger partial charge in [-0.1, -0.05) is 5.16 Å². The number of aromatic nitrogens is 3. The molecule has 96 valence electrons. The van der Waals surface area contributed by atoms with Crippen molar-refractivity contribution in [2.75, 3.05) is 13.7 Å². The van der Waals surface area contributed by atoms with Crippen LogP contribution in [0, 0.1) is 0 Å². The van der Waals surface area contributed by atoms with E-state index in [-0.39, 0.29) is 6.54 Å². The van der Waals surface area contributed by atoms with Gasteiger partial charge in [0.15, 0.2) is 0 Å². The van der Waals surface area contributed by atoms with E-state index in [9.17, 15) is 0 Å². The van der Waals surface area contributed by atoms with Gasteiger partial charge in [-0.2, -0.15) is 4.98 Å². The van der Waals surface area contributed by atoms with Gasteiger partial charge in [0.25, 0.3) is 5.89 Å². The van der Waals surface area contributed by atoms with Crippen LogP contribution < -0.4 is 5.73 Å². The Kier molecular flexibility index (Phi) is 4.44. The van der Waals surface area contributed by atoms with E-state index in [1.807, 2.05) is 6.07 Å². The van der Waals surface area contributed by atoms with E-state index in [0.29, 0.717) is 17.4 Å². The summed E-state index contributed by atoms with van der Waals surface area (Å²) in [6.07, 6.45) is 1.26. The molecule has 0 aliphatic rings. The smallest absolute Gasteiger partial charge is 0.257 e. The SMILES string of the molecule is COC(CN)c1nc(-c2ncc(Br)cc2Br)no1. The number of halogens is 2. The molecule has 0 aliphatic heterocycles. The van der Waals surface area contributed by atoms with Gasteiger partial charge in [-0.15, -0.1) is 0 Å². The van der Waals surface area contributed by atoms with Gasteiger partial charge in [0.2, 0.25) is 5.82 Å². The Morgan fingerprint density at radius 3 is 2.89 bits per heavy atom. The summed E-state index contributed by atoms with van der Waals surface area (Å²) in [7, 11) is 1.54. The maximum Gasteiger partial charge on any atom is 0.257 e. The lowest BCUT2D eigenvalue weighted by atomic mass is 10.3. The third-order valence-corrected chi connectivity index (χ3v) is 3.27. The van der Waals surface area contributed by atoms with Crippen LogP contribution in [0.15, 0.2) is 25.7 Å². The molecule has 2 aromatic heterocycles. The molecule has 0 saturated carbocycles. The molecule has 0 aliphatic carbocycles. The Bertz CT molecular complexity index is 542. The molecule has 0 saturated heterocycles. The summed E-state index contributed by atoms with van der Waals surface area (Å²) < 4.78 is 11.9. The second-order valence-corrected chi connectivity index (χ2v) is 5.17. The molecule has 6 nitrogen and oxygen atoms in total. The lowest BCUT2D eigenvalue weighted by molar-refractivity contribution is 0.0804. The summed E-state index contributed by atoms with van der Waals surface area (Å²) in [4.78, 5) is 8.44. The first-order valence-corrected chi connectivity index (χ1v) is 6.62. The fourth-order valence-corrected chi connectivity index (χ4v) is 2.50. The average molecular weight is 378 g/mol.